The minimum absolute atomic E-state index is 0.0876. The first-order valence-corrected chi connectivity index (χ1v) is 9.38. The van der Waals surface area contributed by atoms with Crippen LogP contribution in [0.3, 0.4) is 0 Å². The third-order valence-electron chi connectivity index (χ3n) is 4.62. The van der Waals surface area contributed by atoms with Crippen LogP contribution in [0.1, 0.15) is 12.0 Å². The van der Waals surface area contributed by atoms with Gasteiger partial charge in [0.1, 0.15) is 5.82 Å². The molecule has 1 saturated heterocycles. The van der Waals surface area contributed by atoms with E-state index >= 15 is 0 Å². The molecule has 0 radical (unpaired) electrons. The molecule has 1 aromatic rings. The Morgan fingerprint density at radius 3 is 3.20 bits per heavy atom. The van der Waals surface area contributed by atoms with Gasteiger partial charge in [-0.05, 0) is 23.1 Å². The standard InChI is InChI=1S/C18H20FN3O2S/c19-14-3-1-2-13(8-14)9-16-11-21(6-7-24-16)17(23)10-15-12-25-18-20-4-5-22(15)18/h1-3,8,12,16H,4-7,9-11H2/t16-/m0/s1. The van der Waals surface area contributed by atoms with Crippen molar-refractivity contribution in [3.05, 3.63) is 46.8 Å². The van der Waals surface area contributed by atoms with Crippen molar-refractivity contribution in [2.24, 2.45) is 4.99 Å². The van der Waals surface area contributed by atoms with Gasteiger partial charge in [-0.15, -0.1) is 0 Å². The Morgan fingerprint density at radius 1 is 1.40 bits per heavy atom. The van der Waals surface area contributed by atoms with Crippen LogP contribution in [0.15, 0.2) is 40.4 Å². The summed E-state index contributed by atoms with van der Waals surface area (Å²) in [6.07, 6.45) is 0.928. The van der Waals surface area contributed by atoms with Crippen LogP contribution in [0.25, 0.3) is 0 Å². The lowest BCUT2D eigenvalue weighted by atomic mass is 10.1. The lowest BCUT2D eigenvalue weighted by Gasteiger charge is -2.33. The van der Waals surface area contributed by atoms with Gasteiger partial charge in [0.2, 0.25) is 5.91 Å². The van der Waals surface area contributed by atoms with Gasteiger partial charge in [-0.1, -0.05) is 23.9 Å². The fourth-order valence-corrected chi connectivity index (χ4v) is 4.33. The lowest BCUT2D eigenvalue weighted by molar-refractivity contribution is -0.138. The van der Waals surface area contributed by atoms with E-state index in [1.807, 2.05) is 16.4 Å². The Morgan fingerprint density at radius 2 is 2.32 bits per heavy atom. The van der Waals surface area contributed by atoms with Gasteiger partial charge >= 0.3 is 0 Å². The third-order valence-corrected chi connectivity index (χ3v) is 5.58. The molecule has 0 aromatic heterocycles. The number of ether oxygens (including phenoxy) is 1. The maximum absolute atomic E-state index is 13.3. The van der Waals surface area contributed by atoms with Gasteiger partial charge < -0.3 is 14.5 Å². The smallest absolute Gasteiger partial charge is 0.228 e. The number of fused-ring (bicyclic) bond motifs is 1. The van der Waals surface area contributed by atoms with Crippen LogP contribution in [-0.4, -0.2) is 59.8 Å². The topological polar surface area (TPSA) is 45.1 Å². The lowest BCUT2D eigenvalue weighted by Crippen LogP contribution is -2.46. The first-order chi connectivity index (χ1) is 12.2. The molecule has 5 nitrogen and oxygen atoms in total. The number of aliphatic imine (C=N–C) groups is 1. The predicted octanol–water partition coefficient (Wildman–Crippen LogP) is 2.25. The number of rotatable bonds is 4. The van der Waals surface area contributed by atoms with Crippen LogP contribution in [-0.2, 0) is 16.0 Å². The molecular formula is C18H20FN3O2S. The summed E-state index contributed by atoms with van der Waals surface area (Å²) in [5.74, 6) is -0.123. The summed E-state index contributed by atoms with van der Waals surface area (Å²) < 4.78 is 19.1. The Bertz CT molecular complexity index is 737. The molecule has 1 fully saturated rings. The SMILES string of the molecule is O=C(CC1=CSC2=NCCN12)N1CCO[C@@H](Cc2cccc(F)c2)C1. The highest BCUT2D eigenvalue weighted by atomic mass is 32.2. The molecular weight excluding hydrogens is 341 g/mol. The molecule has 25 heavy (non-hydrogen) atoms. The number of amides is 1. The summed E-state index contributed by atoms with van der Waals surface area (Å²) in [4.78, 5) is 21.1. The van der Waals surface area contributed by atoms with Gasteiger partial charge in [-0.25, -0.2) is 4.39 Å². The van der Waals surface area contributed by atoms with E-state index in [0.717, 1.165) is 29.5 Å². The van der Waals surface area contributed by atoms with Crippen molar-refractivity contribution in [3.63, 3.8) is 0 Å². The number of amidine groups is 1. The van der Waals surface area contributed by atoms with Crippen LogP contribution >= 0.6 is 11.8 Å². The monoisotopic (exact) mass is 361 g/mol. The normalized spacial score (nSPS) is 22.7. The molecule has 1 aromatic carbocycles. The van der Waals surface area contributed by atoms with Gasteiger partial charge in [-0.2, -0.15) is 0 Å². The predicted molar refractivity (Wildman–Crippen MR) is 95.7 cm³/mol. The molecule has 0 N–H and O–H groups in total. The maximum atomic E-state index is 13.3. The molecule has 0 spiro atoms. The summed E-state index contributed by atoms with van der Waals surface area (Å²) in [7, 11) is 0. The Kier molecular flexibility index (Phi) is 4.76. The summed E-state index contributed by atoms with van der Waals surface area (Å²) in [6, 6.07) is 6.56. The third kappa shape index (κ3) is 3.72. The number of nitrogens with zero attached hydrogens (tertiary/aromatic N) is 3. The molecule has 1 atom stereocenters. The van der Waals surface area contributed by atoms with Gasteiger partial charge in [0.15, 0.2) is 5.17 Å². The number of halogens is 1. The van der Waals surface area contributed by atoms with Crippen molar-refractivity contribution in [2.45, 2.75) is 18.9 Å². The van der Waals surface area contributed by atoms with Gasteiger partial charge in [0.25, 0.3) is 0 Å². The highest BCUT2D eigenvalue weighted by Crippen LogP contribution is 2.31. The molecule has 3 heterocycles. The molecule has 7 heteroatoms. The molecule has 0 unspecified atom stereocenters. The molecule has 0 aliphatic carbocycles. The van der Waals surface area contributed by atoms with E-state index in [1.165, 1.54) is 12.1 Å². The van der Waals surface area contributed by atoms with Crippen LogP contribution in [0.5, 0.6) is 0 Å². The van der Waals surface area contributed by atoms with Crippen molar-refractivity contribution in [1.82, 2.24) is 9.80 Å². The maximum Gasteiger partial charge on any atom is 0.228 e. The van der Waals surface area contributed by atoms with Gasteiger partial charge in [0, 0.05) is 31.8 Å². The molecule has 4 rings (SSSR count). The summed E-state index contributed by atoms with van der Waals surface area (Å²) in [5, 5.41) is 3.04. The van der Waals surface area contributed by atoms with Crippen molar-refractivity contribution in [3.8, 4) is 0 Å². The zero-order chi connectivity index (χ0) is 17.2. The molecule has 0 saturated carbocycles. The molecule has 3 aliphatic rings. The number of benzene rings is 1. The van der Waals surface area contributed by atoms with E-state index in [-0.39, 0.29) is 17.8 Å². The fraction of sp³-hybridized carbons (Fsp3) is 0.444. The van der Waals surface area contributed by atoms with Crippen LogP contribution in [0.4, 0.5) is 4.39 Å². The zero-order valence-electron chi connectivity index (χ0n) is 13.9. The minimum atomic E-state index is -0.241. The number of carbonyl (C=O) groups is 1. The van der Waals surface area contributed by atoms with E-state index in [1.54, 1.807) is 17.8 Å². The average Bonchev–Trinajstić information content (AvgIpc) is 3.20. The summed E-state index contributed by atoms with van der Waals surface area (Å²) >= 11 is 1.60. The number of carbonyl (C=O) groups excluding carboxylic acids is 1. The van der Waals surface area contributed by atoms with Crippen molar-refractivity contribution in [1.29, 1.82) is 0 Å². The highest BCUT2D eigenvalue weighted by molar-refractivity contribution is 8.16. The van der Waals surface area contributed by atoms with Crippen LogP contribution in [0, 0.1) is 5.82 Å². The van der Waals surface area contributed by atoms with Crippen LogP contribution in [0.2, 0.25) is 0 Å². The van der Waals surface area contributed by atoms with Crippen molar-refractivity contribution < 1.29 is 13.9 Å². The molecule has 0 bridgehead atoms. The first kappa shape index (κ1) is 16.6. The van der Waals surface area contributed by atoms with E-state index < -0.39 is 0 Å². The van der Waals surface area contributed by atoms with E-state index in [0.29, 0.717) is 32.5 Å². The zero-order valence-corrected chi connectivity index (χ0v) is 14.7. The average molecular weight is 361 g/mol. The van der Waals surface area contributed by atoms with Gasteiger partial charge in [-0.3, -0.25) is 9.79 Å². The number of thioether (sulfide) groups is 1. The fourth-order valence-electron chi connectivity index (χ4n) is 3.38. The van der Waals surface area contributed by atoms with E-state index in [9.17, 15) is 9.18 Å². The van der Waals surface area contributed by atoms with Crippen molar-refractivity contribution >= 4 is 22.8 Å². The molecule has 1 amide bonds. The largest absolute Gasteiger partial charge is 0.374 e. The Labute approximate surface area is 150 Å². The second-order valence-electron chi connectivity index (χ2n) is 6.39. The summed E-state index contributed by atoms with van der Waals surface area (Å²) in [6.45, 7) is 3.36. The second kappa shape index (κ2) is 7.17. The number of hydrogen-bond acceptors (Lipinski definition) is 5. The first-order valence-electron chi connectivity index (χ1n) is 8.50. The van der Waals surface area contributed by atoms with E-state index in [4.69, 9.17) is 4.74 Å². The minimum Gasteiger partial charge on any atom is -0.374 e. The number of hydrogen-bond donors (Lipinski definition) is 0. The van der Waals surface area contributed by atoms with Gasteiger partial charge in [0.05, 0.1) is 25.7 Å². The second-order valence-corrected chi connectivity index (χ2v) is 7.22. The van der Waals surface area contributed by atoms with E-state index in [2.05, 4.69) is 9.89 Å². The van der Waals surface area contributed by atoms with Crippen LogP contribution < -0.4 is 0 Å². The Hall–Kier alpha value is -1.86. The number of morpholine rings is 1. The molecule has 132 valence electrons. The highest BCUT2D eigenvalue weighted by Gasteiger charge is 2.30. The summed E-state index contributed by atoms with van der Waals surface area (Å²) in [5.41, 5.74) is 1.94. The van der Waals surface area contributed by atoms with Crippen molar-refractivity contribution in [2.75, 3.05) is 32.8 Å². The quantitative estimate of drug-likeness (QED) is 0.825. The Balaban J connectivity index is 1.34. The molecule has 3 aliphatic heterocycles.